The van der Waals surface area contributed by atoms with Gasteiger partial charge >= 0.3 is 6.03 Å². The Morgan fingerprint density at radius 3 is 2.75 bits per heavy atom. The summed E-state index contributed by atoms with van der Waals surface area (Å²) in [5, 5.41) is 18.7. The summed E-state index contributed by atoms with van der Waals surface area (Å²) in [5.74, 6) is 0. The van der Waals surface area contributed by atoms with Crippen LogP contribution in [0, 0.1) is 0 Å². The molecule has 124 valence electrons. The standard InChI is InChI=1S/C17H15ClN2O3S/c18-13-4-1-2-5-14(13)20-16(21)19-11-17(22,12-7-8-23-10-12)15-6-3-9-24-15/h1-10,22H,11H2,(H2,19,20,21)/t17-/m0/s1. The summed E-state index contributed by atoms with van der Waals surface area (Å²) < 4.78 is 5.08. The molecule has 0 saturated heterocycles. The summed E-state index contributed by atoms with van der Waals surface area (Å²) in [6.07, 6.45) is 2.95. The first kappa shape index (κ1) is 16.6. The van der Waals surface area contributed by atoms with Crippen LogP contribution in [0.15, 0.2) is 64.8 Å². The van der Waals surface area contributed by atoms with Crippen molar-refractivity contribution >= 4 is 34.7 Å². The van der Waals surface area contributed by atoms with Crippen LogP contribution in [-0.2, 0) is 5.60 Å². The smallest absolute Gasteiger partial charge is 0.319 e. The summed E-state index contributed by atoms with van der Waals surface area (Å²) in [6.45, 7) is -0.0106. The number of nitrogens with one attached hydrogen (secondary N) is 2. The third-order valence-corrected chi connectivity index (χ3v) is 4.90. The van der Waals surface area contributed by atoms with E-state index in [4.69, 9.17) is 16.0 Å². The Bertz CT molecular complexity index is 769. The van der Waals surface area contributed by atoms with E-state index >= 15 is 0 Å². The van der Waals surface area contributed by atoms with E-state index < -0.39 is 11.6 Å². The molecule has 0 bridgehead atoms. The van der Waals surface area contributed by atoms with Gasteiger partial charge in [0.25, 0.3) is 0 Å². The molecule has 3 N–H and O–H groups in total. The number of hydrogen-bond acceptors (Lipinski definition) is 4. The van der Waals surface area contributed by atoms with E-state index in [1.807, 2.05) is 17.5 Å². The van der Waals surface area contributed by atoms with Crippen molar-refractivity contribution in [2.24, 2.45) is 0 Å². The summed E-state index contributed by atoms with van der Waals surface area (Å²) in [5.41, 5.74) is -0.290. The van der Waals surface area contributed by atoms with Gasteiger partial charge in [-0.1, -0.05) is 29.8 Å². The number of benzene rings is 1. The molecule has 0 aliphatic carbocycles. The second kappa shape index (κ2) is 7.09. The van der Waals surface area contributed by atoms with Gasteiger partial charge in [0.1, 0.15) is 5.60 Å². The molecule has 0 saturated carbocycles. The lowest BCUT2D eigenvalue weighted by molar-refractivity contribution is 0.0859. The number of carbonyl (C=O) groups is 1. The van der Waals surface area contributed by atoms with E-state index in [0.717, 1.165) is 0 Å². The number of rotatable bonds is 5. The Morgan fingerprint density at radius 2 is 2.08 bits per heavy atom. The molecule has 24 heavy (non-hydrogen) atoms. The minimum atomic E-state index is -1.36. The van der Waals surface area contributed by atoms with E-state index in [1.165, 1.54) is 23.9 Å². The van der Waals surface area contributed by atoms with Crippen molar-refractivity contribution in [2.45, 2.75) is 5.60 Å². The number of urea groups is 1. The van der Waals surface area contributed by atoms with Crippen molar-refractivity contribution in [3.8, 4) is 0 Å². The van der Waals surface area contributed by atoms with Gasteiger partial charge in [-0.15, -0.1) is 11.3 Å². The summed E-state index contributed by atoms with van der Waals surface area (Å²) in [7, 11) is 0. The highest BCUT2D eigenvalue weighted by Crippen LogP contribution is 2.32. The van der Waals surface area contributed by atoms with Gasteiger partial charge in [-0.3, -0.25) is 0 Å². The average Bonchev–Trinajstić information content (AvgIpc) is 3.28. The van der Waals surface area contributed by atoms with Gasteiger partial charge < -0.3 is 20.2 Å². The number of amides is 2. The third-order valence-electron chi connectivity index (χ3n) is 3.55. The van der Waals surface area contributed by atoms with Crippen molar-refractivity contribution in [2.75, 3.05) is 11.9 Å². The largest absolute Gasteiger partial charge is 0.472 e. The Labute approximate surface area is 147 Å². The average molecular weight is 363 g/mol. The van der Waals surface area contributed by atoms with Crippen LogP contribution in [0.5, 0.6) is 0 Å². The number of para-hydroxylation sites is 1. The topological polar surface area (TPSA) is 74.5 Å². The second-order valence-corrected chi connectivity index (χ2v) is 6.49. The number of hydrogen-bond donors (Lipinski definition) is 3. The molecule has 0 radical (unpaired) electrons. The van der Waals surface area contributed by atoms with Gasteiger partial charge in [0.2, 0.25) is 0 Å². The van der Waals surface area contributed by atoms with Crippen LogP contribution >= 0.6 is 22.9 Å². The lowest BCUT2D eigenvalue weighted by Crippen LogP contribution is -2.42. The van der Waals surface area contributed by atoms with Gasteiger partial charge in [-0.2, -0.15) is 0 Å². The zero-order valence-electron chi connectivity index (χ0n) is 12.5. The van der Waals surface area contributed by atoms with Crippen LogP contribution in [0.4, 0.5) is 10.5 Å². The van der Waals surface area contributed by atoms with Crippen molar-refractivity contribution in [1.82, 2.24) is 5.32 Å². The third kappa shape index (κ3) is 3.46. The van der Waals surface area contributed by atoms with Crippen LogP contribution in [0.2, 0.25) is 5.02 Å². The van der Waals surface area contributed by atoms with E-state index in [0.29, 0.717) is 21.2 Å². The number of carbonyl (C=O) groups excluding carboxylic acids is 1. The number of furan rings is 1. The van der Waals surface area contributed by atoms with Gasteiger partial charge in [0, 0.05) is 10.4 Å². The lowest BCUT2D eigenvalue weighted by Gasteiger charge is -2.26. The molecule has 2 heterocycles. The number of anilines is 1. The molecule has 3 rings (SSSR count). The predicted octanol–water partition coefficient (Wildman–Crippen LogP) is 4.05. The van der Waals surface area contributed by atoms with E-state index in [1.54, 1.807) is 30.3 Å². The minimum Gasteiger partial charge on any atom is -0.472 e. The first-order valence-electron chi connectivity index (χ1n) is 7.18. The van der Waals surface area contributed by atoms with Crippen LogP contribution < -0.4 is 10.6 Å². The Balaban J connectivity index is 1.73. The fraction of sp³-hybridized carbons (Fsp3) is 0.118. The van der Waals surface area contributed by atoms with Crippen LogP contribution in [-0.4, -0.2) is 17.7 Å². The fourth-order valence-corrected chi connectivity index (χ4v) is 3.31. The molecule has 0 fully saturated rings. The number of thiophene rings is 1. The van der Waals surface area contributed by atoms with Crippen molar-refractivity contribution in [3.05, 3.63) is 75.8 Å². The fourth-order valence-electron chi connectivity index (χ4n) is 2.28. The van der Waals surface area contributed by atoms with E-state index in [-0.39, 0.29) is 6.54 Å². The van der Waals surface area contributed by atoms with Crippen molar-refractivity contribution in [1.29, 1.82) is 0 Å². The normalized spacial score (nSPS) is 13.2. The molecule has 7 heteroatoms. The quantitative estimate of drug-likeness (QED) is 0.641. The molecule has 2 amide bonds. The zero-order valence-corrected chi connectivity index (χ0v) is 14.1. The van der Waals surface area contributed by atoms with Crippen LogP contribution in [0.1, 0.15) is 10.4 Å². The highest BCUT2D eigenvalue weighted by Gasteiger charge is 2.34. The molecule has 0 aliphatic heterocycles. The van der Waals surface area contributed by atoms with Crippen molar-refractivity contribution < 1.29 is 14.3 Å². The van der Waals surface area contributed by atoms with Gasteiger partial charge in [0.15, 0.2) is 0 Å². The zero-order chi connectivity index (χ0) is 17.0. The number of aliphatic hydroxyl groups is 1. The van der Waals surface area contributed by atoms with Crippen LogP contribution in [0.25, 0.3) is 0 Å². The predicted molar refractivity (Wildman–Crippen MR) is 94.5 cm³/mol. The summed E-state index contributed by atoms with van der Waals surface area (Å²) >= 11 is 7.42. The monoisotopic (exact) mass is 362 g/mol. The molecule has 3 aromatic rings. The maximum Gasteiger partial charge on any atom is 0.319 e. The highest BCUT2D eigenvalue weighted by atomic mass is 35.5. The van der Waals surface area contributed by atoms with Gasteiger partial charge in [0.05, 0.1) is 29.8 Å². The van der Waals surface area contributed by atoms with Gasteiger partial charge in [-0.25, -0.2) is 4.79 Å². The van der Waals surface area contributed by atoms with Gasteiger partial charge in [-0.05, 0) is 29.6 Å². The molecular weight excluding hydrogens is 348 g/mol. The number of halogens is 1. The molecule has 5 nitrogen and oxygen atoms in total. The van der Waals surface area contributed by atoms with Crippen molar-refractivity contribution in [3.63, 3.8) is 0 Å². The maximum atomic E-state index is 12.1. The highest BCUT2D eigenvalue weighted by molar-refractivity contribution is 7.10. The first-order chi connectivity index (χ1) is 11.6. The molecule has 1 aromatic carbocycles. The maximum absolute atomic E-state index is 12.1. The van der Waals surface area contributed by atoms with Crippen LogP contribution in [0.3, 0.4) is 0 Å². The molecule has 2 aromatic heterocycles. The molecule has 1 atom stereocenters. The molecule has 0 spiro atoms. The van der Waals surface area contributed by atoms with E-state index in [2.05, 4.69) is 10.6 Å². The SMILES string of the molecule is O=C(NC[C@](O)(c1ccoc1)c1cccs1)Nc1ccccc1Cl. The molecular formula is C17H15ClN2O3S. The molecule has 0 aliphatic rings. The molecule has 0 unspecified atom stereocenters. The first-order valence-corrected chi connectivity index (χ1v) is 8.44. The Hall–Kier alpha value is -2.28. The Kier molecular flexibility index (Phi) is 4.89. The Morgan fingerprint density at radius 1 is 1.25 bits per heavy atom. The lowest BCUT2D eigenvalue weighted by atomic mass is 9.94. The summed E-state index contributed by atoms with van der Waals surface area (Å²) in [6, 6.07) is 11.8. The second-order valence-electron chi connectivity index (χ2n) is 5.14. The minimum absolute atomic E-state index is 0.0106. The van der Waals surface area contributed by atoms with E-state index in [9.17, 15) is 9.90 Å². The summed E-state index contributed by atoms with van der Waals surface area (Å²) in [4.78, 5) is 12.8.